The average molecular weight is 347 g/mol. The first kappa shape index (κ1) is 18.1. The number of nitrogens with one attached hydrogen (secondary N) is 2. The predicted octanol–water partition coefficient (Wildman–Crippen LogP) is 1.80. The summed E-state index contributed by atoms with van der Waals surface area (Å²) in [5, 5.41) is 2.93. The molecule has 0 saturated carbocycles. The second-order valence-electron chi connectivity index (χ2n) is 5.43. The number of pyridine rings is 1. The van der Waals surface area contributed by atoms with E-state index in [4.69, 9.17) is 0 Å². The molecule has 0 aliphatic rings. The van der Waals surface area contributed by atoms with Crippen molar-refractivity contribution in [2.45, 2.75) is 30.7 Å². The minimum absolute atomic E-state index is 0.0572. The number of rotatable bonds is 7. The Hall–Kier alpha value is -2.25. The summed E-state index contributed by atoms with van der Waals surface area (Å²) >= 11 is 0. The normalized spacial score (nSPS) is 12.6. The number of aryl methyl sites for hydroxylation is 1. The molecular formula is C17H21N3O3S. The fourth-order valence-electron chi connectivity index (χ4n) is 2.24. The first-order valence-electron chi connectivity index (χ1n) is 7.64. The van der Waals surface area contributed by atoms with Crippen LogP contribution >= 0.6 is 0 Å². The van der Waals surface area contributed by atoms with Crippen molar-refractivity contribution in [2.75, 3.05) is 7.05 Å². The van der Waals surface area contributed by atoms with E-state index in [2.05, 4.69) is 15.0 Å². The first-order chi connectivity index (χ1) is 11.4. The van der Waals surface area contributed by atoms with Gasteiger partial charge in [0.25, 0.3) is 0 Å². The summed E-state index contributed by atoms with van der Waals surface area (Å²) in [6.07, 6.45) is 4.30. The Morgan fingerprint density at radius 1 is 1.21 bits per heavy atom. The van der Waals surface area contributed by atoms with Gasteiger partial charge in [-0.05, 0) is 49.7 Å². The topological polar surface area (TPSA) is 88.2 Å². The minimum Gasteiger partial charge on any atom is -0.350 e. The summed E-state index contributed by atoms with van der Waals surface area (Å²) in [4.78, 5) is 16.3. The van der Waals surface area contributed by atoms with Crippen molar-refractivity contribution in [1.29, 1.82) is 0 Å². The van der Waals surface area contributed by atoms with Crippen LogP contribution in [0.4, 0.5) is 0 Å². The molecule has 128 valence electrons. The van der Waals surface area contributed by atoms with E-state index >= 15 is 0 Å². The van der Waals surface area contributed by atoms with Crippen molar-refractivity contribution in [1.82, 2.24) is 15.0 Å². The lowest BCUT2D eigenvalue weighted by Crippen LogP contribution is -2.26. The number of nitrogens with zero attached hydrogens (tertiary/aromatic N) is 1. The molecule has 1 amide bonds. The van der Waals surface area contributed by atoms with Gasteiger partial charge >= 0.3 is 0 Å². The third kappa shape index (κ3) is 4.87. The average Bonchev–Trinajstić information content (AvgIpc) is 2.61. The van der Waals surface area contributed by atoms with Crippen LogP contribution in [-0.4, -0.2) is 26.4 Å². The minimum atomic E-state index is -3.43. The highest BCUT2D eigenvalue weighted by Gasteiger charge is 2.12. The number of benzene rings is 1. The molecule has 2 N–H and O–H groups in total. The second-order valence-corrected chi connectivity index (χ2v) is 7.31. The zero-order chi connectivity index (χ0) is 17.6. The molecule has 2 rings (SSSR count). The van der Waals surface area contributed by atoms with Crippen LogP contribution in [-0.2, 0) is 21.2 Å². The molecular weight excluding hydrogens is 326 g/mol. The monoisotopic (exact) mass is 347 g/mol. The molecule has 1 atom stereocenters. The van der Waals surface area contributed by atoms with Gasteiger partial charge in [-0.3, -0.25) is 9.78 Å². The Morgan fingerprint density at radius 3 is 2.50 bits per heavy atom. The molecule has 0 spiro atoms. The fraction of sp³-hybridized carbons (Fsp3) is 0.294. The first-order valence-corrected chi connectivity index (χ1v) is 9.12. The third-order valence-electron chi connectivity index (χ3n) is 3.71. The highest BCUT2D eigenvalue weighted by atomic mass is 32.2. The molecule has 1 unspecified atom stereocenters. The number of hydrogen-bond acceptors (Lipinski definition) is 4. The summed E-state index contributed by atoms with van der Waals surface area (Å²) in [5.41, 5.74) is 1.86. The number of carbonyl (C=O) groups is 1. The van der Waals surface area contributed by atoms with Gasteiger partial charge < -0.3 is 5.32 Å². The van der Waals surface area contributed by atoms with Gasteiger partial charge in [0.15, 0.2) is 0 Å². The van der Waals surface area contributed by atoms with Crippen molar-refractivity contribution in [3.8, 4) is 0 Å². The van der Waals surface area contributed by atoms with Crippen molar-refractivity contribution in [2.24, 2.45) is 0 Å². The molecule has 2 aromatic rings. The van der Waals surface area contributed by atoms with Gasteiger partial charge in [-0.25, -0.2) is 13.1 Å². The molecule has 1 aromatic heterocycles. The molecule has 0 radical (unpaired) electrons. The molecule has 6 nitrogen and oxygen atoms in total. The van der Waals surface area contributed by atoms with Gasteiger partial charge in [-0.15, -0.1) is 0 Å². The third-order valence-corrected chi connectivity index (χ3v) is 5.14. The van der Waals surface area contributed by atoms with Crippen LogP contribution < -0.4 is 10.0 Å². The zero-order valence-corrected chi connectivity index (χ0v) is 14.5. The van der Waals surface area contributed by atoms with Gasteiger partial charge in [0.2, 0.25) is 15.9 Å². The Bertz CT molecular complexity index is 774. The molecule has 1 heterocycles. The van der Waals surface area contributed by atoms with Gasteiger partial charge in [0.05, 0.1) is 10.9 Å². The largest absolute Gasteiger partial charge is 0.350 e. The van der Waals surface area contributed by atoms with Crippen LogP contribution in [0.15, 0.2) is 53.7 Å². The van der Waals surface area contributed by atoms with E-state index in [0.29, 0.717) is 12.8 Å². The molecule has 0 fully saturated rings. The summed E-state index contributed by atoms with van der Waals surface area (Å²) in [6, 6.07) is 10.2. The van der Waals surface area contributed by atoms with Crippen LogP contribution in [0.25, 0.3) is 0 Å². The zero-order valence-electron chi connectivity index (χ0n) is 13.7. The lowest BCUT2D eigenvalue weighted by atomic mass is 10.1. The van der Waals surface area contributed by atoms with Crippen LogP contribution in [0.2, 0.25) is 0 Å². The molecule has 24 heavy (non-hydrogen) atoms. The van der Waals surface area contributed by atoms with Crippen LogP contribution in [0.3, 0.4) is 0 Å². The molecule has 1 aromatic carbocycles. The molecule has 0 saturated heterocycles. The van der Waals surface area contributed by atoms with E-state index in [1.807, 2.05) is 19.1 Å². The SMILES string of the molecule is CNS(=O)(=O)c1ccc(CCC(=O)NC(C)c2cccnc2)cc1. The number of hydrogen-bond donors (Lipinski definition) is 2. The maximum atomic E-state index is 12.0. The Balaban J connectivity index is 1.88. The summed E-state index contributed by atoms with van der Waals surface area (Å²) in [7, 11) is -2.06. The van der Waals surface area contributed by atoms with E-state index in [0.717, 1.165) is 11.1 Å². The summed E-state index contributed by atoms with van der Waals surface area (Å²) < 4.78 is 25.6. The van der Waals surface area contributed by atoms with E-state index in [-0.39, 0.29) is 16.8 Å². The van der Waals surface area contributed by atoms with E-state index in [9.17, 15) is 13.2 Å². The highest BCUT2D eigenvalue weighted by Crippen LogP contribution is 2.13. The maximum absolute atomic E-state index is 12.0. The van der Waals surface area contributed by atoms with Gasteiger partial charge in [-0.1, -0.05) is 18.2 Å². The second kappa shape index (κ2) is 8.03. The van der Waals surface area contributed by atoms with Crippen molar-refractivity contribution in [3.05, 3.63) is 59.9 Å². The standard InChI is InChI=1S/C17H21N3O3S/c1-13(15-4-3-11-19-12-15)20-17(21)10-7-14-5-8-16(9-6-14)24(22,23)18-2/h3-6,8-9,11-13,18H,7,10H2,1-2H3,(H,20,21). The van der Waals surface area contributed by atoms with E-state index < -0.39 is 10.0 Å². The van der Waals surface area contributed by atoms with E-state index in [1.54, 1.807) is 24.5 Å². The molecule has 7 heteroatoms. The Kier molecular flexibility index (Phi) is 6.05. The fourth-order valence-corrected chi connectivity index (χ4v) is 2.97. The van der Waals surface area contributed by atoms with Crippen molar-refractivity contribution < 1.29 is 13.2 Å². The quantitative estimate of drug-likeness (QED) is 0.799. The lowest BCUT2D eigenvalue weighted by Gasteiger charge is -2.13. The smallest absolute Gasteiger partial charge is 0.240 e. The maximum Gasteiger partial charge on any atom is 0.240 e. The number of carbonyl (C=O) groups excluding carboxylic acids is 1. The van der Waals surface area contributed by atoms with Crippen molar-refractivity contribution >= 4 is 15.9 Å². The molecule has 0 aliphatic carbocycles. The van der Waals surface area contributed by atoms with Gasteiger partial charge in [0, 0.05) is 18.8 Å². The van der Waals surface area contributed by atoms with Crippen LogP contribution in [0, 0.1) is 0 Å². The summed E-state index contributed by atoms with van der Waals surface area (Å²) in [5.74, 6) is -0.0572. The van der Waals surface area contributed by atoms with Crippen LogP contribution in [0.5, 0.6) is 0 Å². The predicted molar refractivity (Wildman–Crippen MR) is 91.8 cm³/mol. The summed E-state index contributed by atoms with van der Waals surface area (Å²) in [6.45, 7) is 1.91. The Morgan fingerprint density at radius 2 is 1.92 bits per heavy atom. The van der Waals surface area contributed by atoms with Gasteiger partial charge in [0.1, 0.15) is 0 Å². The van der Waals surface area contributed by atoms with Crippen LogP contribution in [0.1, 0.15) is 30.5 Å². The number of aromatic nitrogens is 1. The number of amides is 1. The van der Waals surface area contributed by atoms with Crippen molar-refractivity contribution in [3.63, 3.8) is 0 Å². The number of sulfonamides is 1. The van der Waals surface area contributed by atoms with Gasteiger partial charge in [-0.2, -0.15) is 0 Å². The lowest BCUT2D eigenvalue weighted by molar-refractivity contribution is -0.121. The highest BCUT2D eigenvalue weighted by molar-refractivity contribution is 7.89. The molecule has 0 aliphatic heterocycles. The Labute approximate surface area is 142 Å². The van der Waals surface area contributed by atoms with E-state index in [1.165, 1.54) is 19.2 Å². The molecule has 0 bridgehead atoms.